The molecular weight excluding hydrogens is 375 g/mol. The minimum absolute atomic E-state index is 0.0496. The smallest absolute Gasteiger partial charge is 0.111 e. The summed E-state index contributed by atoms with van der Waals surface area (Å²) in [5.74, 6) is 6.80. The van der Waals surface area contributed by atoms with E-state index >= 15 is 0 Å². The maximum atomic E-state index is 5.78. The molecule has 1 heterocycles. The van der Waals surface area contributed by atoms with Gasteiger partial charge in [-0.2, -0.15) is 0 Å². The van der Waals surface area contributed by atoms with E-state index in [1.165, 1.54) is 9.13 Å². The Morgan fingerprint density at radius 3 is 2.62 bits per heavy atom. The average molecular weight is 392 g/mol. The molecule has 4 nitrogen and oxygen atoms in total. The largest absolute Gasteiger partial charge is 0.331 e. The van der Waals surface area contributed by atoms with Crippen molar-refractivity contribution < 1.29 is 0 Å². The molecule has 1 atom stereocenters. The Hall–Kier alpha value is -1.44. The highest BCUT2D eigenvalue weighted by molar-refractivity contribution is 14.1. The molecule has 3 N–H and O–H groups in total. The van der Waals surface area contributed by atoms with Crippen molar-refractivity contribution >= 4 is 33.6 Å². The van der Waals surface area contributed by atoms with Gasteiger partial charge in [0, 0.05) is 17.0 Å². The fraction of sp³-hybridized carbons (Fsp3) is 0.188. The monoisotopic (exact) mass is 392 g/mol. The maximum Gasteiger partial charge on any atom is 0.111 e. The van der Waals surface area contributed by atoms with Crippen molar-refractivity contribution in [1.29, 1.82) is 0 Å². The highest BCUT2D eigenvalue weighted by Crippen LogP contribution is 2.24. The van der Waals surface area contributed by atoms with E-state index in [9.17, 15) is 0 Å². The lowest BCUT2D eigenvalue weighted by Gasteiger charge is -2.17. The normalized spacial score (nSPS) is 12.7. The van der Waals surface area contributed by atoms with E-state index in [1.807, 2.05) is 37.4 Å². The van der Waals surface area contributed by atoms with E-state index in [-0.39, 0.29) is 6.04 Å². The second kappa shape index (κ2) is 6.13. The van der Waals surface area contributed by atoms with Gasteiger partial charge < -0.3 is 4.57 Å². The molecular formula is C16H17IN4. The maximum absolute atomic E-state index is 5.78. The third-order valence-corrected chi connectivity index (χ3v) is 4.73. The SMILES string of the molecule is Cn1c(CC(NN)c2ccccc2I)nc2ccccc21. The molecule has 1 unspecified atom stereocenters. The standard InChI is InChI=1S/C16H17IN4/c1-21-15-9-5-4-8-13(15)19-16(21)10-14(20-18)11-6-2-3-7-12(11)17/h2-9,14,20H,10,18H2,1H3. The molecule has 2 aromatic carbocycles. The first-order chi connectivity index (χ1) is 10.2. The molecule has 3 rings (SSSR count). The molecule has 0 aliphatic carbocycles. The lowest BCUT2D eigenvalue weighted by Crippen LogP contribution is -2.30. The van der Waals surface area contributed by atoms with Gasteiger partial charge >= 0.3 is 0 Å². The Morgan fingerprint density at radius 1 is 1.19 bits per heavy atom. The van der Waals surface area contributed by atoms with E-state index in [4.69, 9.17) is 10.8 Å². The number of hydrazine groups is 1. The predicted molar refractivity (Wildman–Crippen MR) is 93.6 cm³/mol. The van der Waals surface area contributed by atoms with Gasteiger partial charge in [0.2, 0.25) is 0 Å². The van der Waals surface area contributed by atoms with Gasteiger partial charge in [0.25, 0.3) is 0 Å². The number of halogens is 1. The summed E-state index contributed by atoms with van der Waals surface area (Å²) in [6.45, 7) is 0. The van der Waals surface area contributed by atoms with Crippen LogP contribution < -0.4 is 11.3 Å². The Morgan fingerprint density at radius 2 is 1.90 bits per heavy atom. The summed E-state index contributed by atoms with van der Waals surface area (Å²) >= 11 is 2.34. The van der Waals surface area contributed by atoms with Crippen LogP contribution in [0.4, 0.5) is 0 Å². The Kier molecular flexibility index (Phi) is 4.23. The fourth-order valence-corrected chi connectivity index (χ4v) is 3.34. The van der Waals surface area contributed by atoms with Crippen molar-refractivity contribution in [3.8, 4) is 0 Å². The van der Waals surface area contributed by atoms with Crippen LogP contribution in [0, 0.1) is 3.57 Å². The number of aryl methyl sites for hydroxylation is 1. The van der Waals surface area contributed by atoms with Crippen LogP contribution in [0.15, 0.2) is 48.5 Å². The number of hydrogen-bond donors (Lipinski definition) is 2. The Balaban J connectivity index is 1.96. The number of benzene rings is 2. The number of rotatable bonds is 4. The van der Waals surface area contributed by atoms with E-state index < -0.39 is 0 Å². The first-order valence-corrected chi connectivity index (χ1v) is 7.89. The number of para-hydroxylation sites is 2. The molecule has 0 saturated heterocycles. The fourth-order valence-electron chi connectivity index (χ4n) is 2.58. The minimum atomic E-state index is 0.0496. The first kappa shape index (κ1) is 14.5. The van der Waals surface area contributed by atoms with E-state index in [0.29, 0.717) is 0 Å². The summed E-state index contributed by atoms with van der Waals surface area (Å²) < 4.78 is 3.34. The predicted octanol–water partition coefficient (Wildman–Crippen LogP) is 2.93. The molecule has 21 heavy (non-hydrogen) atoms. The van der Waals surface area contributed by atoms with Gasteiger partial charge in [0.1, 0.15) is 5.82 Å². The van der Waals surface area contributed by atoms with Crippen LogP contribution in [0.2, 0.25) is 0 Å². The lowest BCUT2D eigenvalue weighted by molar-refractivity contribution is 0.530. The van der Waals surface area contributed by atoms with Crippen LogP contribution in [-0.2, 0) is 13.5 Å². The zero-order chi connectivity index (χ0) is 14.8. The van der Waals surface area contributed by atoms with Gasteiger partial charge in [-0.15, -0.1) is 0 Å². The second-order valence-electron chi connectivity index (χ2n) is 5.02. The van der Waals surface area contributed by atoms with E-state index in [1.54, 1.807) is 0 Å². The molecule has 0 amide bonds. The highest BCUT2D eigenvalue weighted by Gasteiger charge is 2.17. The van der Waals surface area contributed by atoms with Crippen molar-refractivity contribution in [2.45, 2.75) is 12.5 Å². The number of hydrogen-bond acceptors (Lipinski definition) is 3. The summed E-state index contributed by atoms with van der Waals surface area (Å²) in [5, 5.41) is 0. The van der Waals surface area contributed by atoms with Crippen molar-refractivity contribution in [2.24, 2.45) is 12.9 Å². The summed E-state index contributed by atoms with van der Waals surface area (Å²) in [4.78, 5) is 4.72. The molecule has 3 aromatic rings. The number of aromatic nitrogens is 2. The molecule has 0 spiro atoms. The molecule has 0 aliphatic rings. The molecule has 1 aromatic heterocycles. The highest BCUT2D eigenvalue weighted by atomic mass is 127. The topological polar surface area (TPSA) is 55.9 Å². The zero-order valence-corrected chi connectivity index (χ0v) is 13.9. The molecule has 5 heteroatoms. The van der Waals surface area contributed by atoms with Crippen molar-refractivity contribution in [3.63, 3.8) is 0 Å². The molecule has 0 aliphatic heterocycles. The number of imidazole rings is 1. The van der Waals surface area contributed by atoms with Gasteiger partial charge in [0.15, 0.2) is 0 Å². The van der Waals surface area contributed by atoms with Crippen LogP contribution >= 0.6 is 22.6 Å². The molecule has 0 fully saturated rings. The van der Waals surface area contributed by atoms with Gasteiger partial charge in [-0.05, 0) is 46.4 Å². The minimum Gasteiger partial charge on any atom is -0.331 e. The lowest BCUT2D eigenvalue weighted by atomic mass is 10.0. The zero-order valence-electron chi connectivity index (χ0n) is 11.8. The molecule has 108 valence electrons. The summed E-state index contributed by atoms with van der Waals surface area (Å²) in [7, 11) is 2.05. The number of nitrogens with zero attached hydrogens (tertiary/aromatic N) is 2. The Labute approximate surface area is 137 Å². The molecule has 0 saturated carbocycles. The van der Waals surface area contributed by atoms with E-state index in [0.717, 1.165) is 23.3 Å². The summed E-state index contributed by atoms with van der Waals surface area (Å²) in [6.07, 6.45) is 0.752. The van der Waals surface area contributed by atoms with Crippen LogP contribution in [0.1, 0.15) is 17.4 Å². The second-order valence-corrected chi connectivity index (χ2v) is 6.18. The van der Waals surface area contributed by atoms with Gasteiger partial charge in [-0.1, -0.05) is 30.3 Å². The third-order valence-electron chi connectivity index (χ3n) is 3.75. The third kappa shape index (κ3) is 2.81. The van der Waals surface area contributed by atoms with Gasteiger partial charge in [-0.25, -0.2) is 4.98 Å². The van der Waals surface area contributed by atoms with E-state index in [2.05, 4.69) is 50.8 Å². The van der Waals surface area contributed by atoms with Crippen molar-refractivity contribution in [1.82, 2.24) is 15.0 Å². The van der Waals surface area contributed by atoms with Crippen LogP contribution in [0.25, 0.3) is 11.0 Å². The first-order valence-electron chi connectivity index (χ1n) is 6.81. The van der Waals surface area contributed by atoms with Gasteiger partial charge in [-0.3, -0.25) is 11.3 Å². The average Bonchev–Trinajstić information content (AvgIpc) is 2.82. The molecule has 0 bridgehead atoms. The van der Waals surface area contributed by atoms with Crippen molar-refractivity contribution in [3.05, 3.63) is 63.5 Å². The number of nitrogens with one attached hydrogen (secondary N) is 1. The van der Waals surface area contributed by atoms with Crippen LogP contribution in [-0.4, -0.2) is 9.55 Å². The summed E-state index contributed by atoms with van der Waals surface area (Å²) in [6, 6.07) is 16.5. The summed E-state index contributed by atoms with van der Waals surface area (Å²) in [5.41, 5.74) is 6.29. The molecule has 0 radical (unpaired) electrons. The quantitative estimate of drug-likeness (QED) is 0.408. The van der Waals surface area contributed by atoms with Crippen molar-refractivity contribution in [2.75, 3.05) is 0 Å². The van der Waals surface area contributed by atoms with Crippen LogP contribution in [0.5, 0.6) is 0 Å². The van der Waals surface area contributed by atoms with Gasteiger partial charge in [0.05, 0.1) is 17.1 Å². The Bertz CT molecular complexity index is 766. The van der Waals surface area contributed by atoms with Crippen LogP contribution in [0.3, 0.4) is 0 Å². The number of fused-ring (bicyclic) bond motifs is 1. The number of nitrogens with two attached hydrogens (primary N) is 1.